The molecule has 332 valence electrons. The summed E-state index contributed by atoms with van der Waals surface area (Å²) in [5.74, 6) is 0. The van der Waals surface area contributed by atoms with Crippen LogP contribution in [0.1, 0.15) is 22.3 Å². The normalized spacial score (nSPS) is 12.6. The number of para-hydroxylation sites is 2. The molecule has 1 heterocycles. The molecule has 0 bridgehead atoms. The fourth-order valence-corrected chi connectivity index (χ4v) is 12.0. The van der Waals surface area contributed by atoms with Crippen molar-refractivity contribution in [3.05, 3.63) is 301 Å². The van der Waals surface area contributed by atoms with Gasteiger partial charge in [0.15, 0.2) is 0 Å². The van der Waals surface area contributed by atoms with Gasteiger partial charge in [0.05, 0.1) is 16.4 Å². The van der Waals surface area contributed by atoms with Gasteiger partial charge in [0, 0.05) is 38.9 Å². The van der Waals surface area contributed by atoms with Gasteiger partial charge in [-0.3, -0.25) is 0 Å². The first-order chi connectivity index (χ1) is 35.2. The van der Waals surface area contributed by atoms with Crippen LogP contribution in [0, 0.1) is 0 Å². The van der Waals surface area contributed by atoms with E-state index < -0.39 is 5.41 Å². The van der Waals surface area contributed by atoms with Crippen LogP contribution < -0.4 is 4.90 Å². The molecule has 0 N–H and O–H groups in total. The SMILES string of the molecule is c1ccc(N(c2ccccc2)c2cccc(-c3ccc(-c4ccc5c6c7ccccc7c7ccccc7c6n(-c6ccc7c(c6)-c6ccccc6C7(c6ccccc6)c6ccccc6)c5c4)cc3)c2)cc1. The van der Waals surface area contributed by atoms with E-state index in [0.29, 0.717) is 0 Å². The zero-order chi connectivity index (χ0) is 46.9. The fourth-order valence-electron chi connectivity index (χ4n) is 12.0. The van der Waals surface area contributed by atoms with E-state index in [9.17, 15) is 0 Å². The lowest BCUT2D eigenvalue weighted by Gasteiger charge is -2.33. The third-order valence-corrected chi connectivity index (χ3v) is 15.0. The van der Waals surface area contributed by atoms with E-state index in [1.807, 2.05) is 0 Å². The Hall–Kier alpha value is -9.24. The average Bonchev–Trinajstić information content (AvgIpc) is 3.95. The monoisotopic (exact) mass is 902 g/mol. The first-order valence-corrected chi connectivity index (χ1v) is 24.6. The predicted molar refractivity (Wildman–Crippen MR) is 299 cm³/mol. The molecule has 0 unspecified atom stereocenters. The van der Waals surface area contributed by atoms with Crippen LogP contribution >= 0.6 is 0 Å². The van der Waals surface area contributed by atoms with Gasteiger partial charge >= 0.3 is 0 Å². The van der Waals surface area contributed by atoms with Gasteiger partial charge in [0.1, 0.15) is 0 Å². The maximum Gasteiger partial charge on any atom is 0.0713 e. The van der Waals surface area contributed by atoms with Crippen LogP contribution in [0.25, 0.3) is 82.4 Å². The predicted octanol–water partition coefficient (Wildman–Crippen LogP) is 18.3. The van der Waals surface area contributed by atoms with E-state index >= 15 is 0 Å². The van der Waals surface area contributed by atoms with Crippen LogP contribution in [0.4, 0.5) is 17.1 Å². The molecule has 1 aromatic heterocycles. The van der Waals surface area contributed by atoms with Gasteiger partial charge in [-0.1, -0.05) is 224 Å². The molecule has 0 aliphatic heterocycles. The summed E-state index contributed by atoms with van der Waals surface area (Å²) in [6.07, 6.45) is 0. The van der Waals surface area contributed by atoms with Gasteiger partial charge < -0.3 is 9.47 Å². The van der Waals surface area contributed by atoms with Crippen LogP contribution in [0.5, 0.6) is 0 Å². The lowest BCUT2D eigenvalue weighted by Crippen LogP contribution is -2.28. The molecule has 14 rings (SSSR count). The summed E-state index contributed by atoms with van der Waals surface area (Å²) >= 11 is 0. The molecule has 0 radical (unpaired) electrons. The number of hydrogen-bond acceptors (Lipinski definition) is 1. The zero-order valence-electron chi connectivity index (χ0n) is 39.0. The molecule has 0 saturated carbocycles. The summed E-state index contributed by atoms with van der Waals surface area (Å²) in [6, 6.07) is 103. The third kappa shape index (κ3) is 6.35. The molecule has 1 aliphatic rings. The molecule has 0 fully saturated rings. The Morgan fingerprint density at radius 2 is 0.789 bits per heavy atom. The van der Waals surface area contributed by atoms with Crippen LogP contribution in [0.15, 0.2) is 279 Å². The number of anilines is 3. The third-order valence-electron chi connectivity index (χ3n) is 15.0. The highest BCUT2D eigenvalue weighted by atomic mass is 15.1. The van der Waals surface area contributed by atoms with Crippen molar-refractivity contribution in [3.8, 4) is 39.1 Å². The Kier molecular flexibility index (Phi) is 9.47. The summed E-state index contributed by atoms with van der Waals surface area (Å²) in [5, 5.41) is 7.55. The van der Waals surface area contributed by atoms with Gasteiger partial charge in [-0.25, -0.2) is 0 Å². The Bertz CT molecular complexity index is 4060. The van der Waals surface area contributed by atoms with Crippen molar-refractivity contribution in [3.63, 3.8) is 0 Å². The summed E-state index contributed by atoms with van der Waals surface area (Å²) in [5.41, 5.74) is 18.8. The van der Waals surface area contributed by atoms with Gasteiger partial charge in [0.2, 0.25) is 0 Å². The Balaban J connectivity index is 0.953. The van der Waals surface area contributed by atoms with Crippen molar-refractivity contribution in [2.45, 2.75) is 5.41 Å². The van der Waals surface area contributed by atoms with Gasteiger partial charge in [-0.05, 0) is 126 Å². The number of hydrogen-bond donors (Lipinski definition) is 0. The molecule has 12 aromatic carbocycles. The van der Waals surface area contributed by atoms with Gasteiger partial charge in [-0.2, -0.15) is 0 Å². The standard InChI is InChI=1S/C69H46N2/c1-5-21-51(22-6-1)69(52-23-7-2-8-24-52)64-35-18-17-32-59(64)63-46-56(41-43-65(63)69)71-66-45-50(40-42-62(66)67-60-33-15-13-30-57(60)58-31-14-16-34-61(58)68(67)71)48-38-36-47(37-39-48)49-20-19-29-55(44-49)70(53-25-9-3-10-26-53)54-27-11-4-12-28-54/h1-46H. The molecule has 2 heteroatoms. The summed E-state index contributed by atoms with van der Waals surface area (Å²) in [6.45, 7) is 0. The quantitative estimate of drug-likeness (QED) is 0.138. The second-order valence-corrected chi connectivity index (χ2v) is 18.8. The smallest absolute Gasteiger partial charge is 0.0713 e. The second-order valence-electron chi connectivity index (χ2n) is 18.8. The van der Waals surface area contributed by atoms with Crippen LogP contribution in [-0.4, -0.2) is 4.57 Å². The van der Waals surface area contributed by atoms with Gasteiger partial charge in [0.25, 0.3) is 0 Å². The van der Waals surface area contributed by atoms with E-state index in [1.54, 1.807) is 0 Å². The van der Waals surface area contributed by atoms with Crippen molar-refractivity contribution >= 4 is 60.4 Å². The largest absolute Gasteiger partial charge is 0.310 e. The highest BCUT2D eigenvalue weighted by Crippen LogP contribution is 2.57. The van der Waals surface area contributed by atoms with E-state index in [4.69, 9.17) is 0 Å². The van der Waals surface area contributed by atoms with E-state index in [-0.39, 0.29) is 0 Å². The van der Waals surface area contributed by atoms with E-state index in [1.165, 1.54) is 99.0 Å². The number of benzene rings is 12. The number of rotatable bonds is 8. The number of fused-ring (bicyclic) bond motifs is 11. The Labute approximate surface area is 413 Å². The minimum Gasteiger partial charge on any atom is -0.310 e. The molecule has 1 aliphatic carbocycles. The summed E-state index contributed by atoms with van der Waals surface area (Å²) in [7, 11) is 0. The number of nitrogens with zero attached hydrogens (tertiary/aromatic N) is 2. The first kappa shape index (κ1) is 40.8. The Morgan fingerprint density at radius 3 is 1.44 bits per heavy atom. The maximum absolute atomic E-state index is 2.56. The average molecular weight is 903 g/mol. The minimum atomic E-state index is -0.472. The Morgan fingerprint density at radius 1 is 0.296 bits per heavy atom. The van der Waals surface area contributed by atoms with Crippen LogP contribution in [0.3, 0.4) is 0 Å². The molecule has 0 amide bonds. The first-order valence-electron chi connectivity index (χ1n) is 24.6. The van der Waals surface area contributed by atoms with Gasteiger partial charge in [-0.15, -0.1) is 0 Å². The van der Waals surface area contributed by atoms with E-state index in [2.05, 4.69) is 289 Å². The maximum atomic E-state index is 2.56. The molecular weight excluding hydrogens is 857 g/mol. The topological polar surface area (TPSA) is 8.17 Å². The highest BCUT2D eigenvalue weighted by Gasteiger charge is 2.46. The zero-order valence-corrected chi connectivity index (χ0v) is 39.0. The van der Waals surface area contributed by atoms with Crippen LogP contribution in [-0.2, 0) is 5.41 Å². The molecule has 0 saturated heterocycles. The van der Waals surface area contributed by atoms with Crippen molar-refractivity contribution in [1.82, 2.24) is 4.57 Å². The van der Waals surface area contributed by atoms with E-state index in [0.717, 1.165) is 22.7 Å². The highest BCUT2D eigenvalue weighted by molar-refractivity contribution is 6.32. The van der Waals surface area contributed by atoms with Crippen molar-refractivity contribution in [2.24, 2.45) is 0 Å². The minimum absolute atomic E-state index is 0.472. The molecule has 71 heavy (non-hydrogen) atoms. The molecular formula is C69H46N2. The van der Waals surface area contributed by atoms with Crippen molar-refractivity contribution in [2.75, 3.05) is 4.90 Å². The fraction of sp³-hybridized carbons (Fsp3) is 0.0145. The molecule has 0 atom stereocenters. The molecule has 2 nitrogen and oxygen atoms in total. The van der Waals surface area contributed by atoms with Crippen LogP contribution in [0.2, 0.25) is 0 Å². The lowest BCUT2D eigenvalue weighted by molar-refractivity contribution is 0.768. The van der Waals surface area contributed by atoms with Crippen molar-refractivity contribution in [1.29, 1.82) is 0 Å². The second kappa shape index (κ2) is 16.5. The summed E-state index contributed by atoms with van der Waals surface area (Å²) < 4.78 is 2.56. The summed E-state index contributed by atoms with van der Waals surface area (Å²) in [4.78, 5) is 2.32. The number of aromatic nitrogens is 1. The molecule has 0 spiro atoms. The lowest BCUT2D eigenvalue weighted by atomic mass is 9.68. The molecule has 13 aromatic rings. The van der Waals surface area contributed by atoms with Crippen molar-refractivity contribution < 1.29 is 0 Å².